The van der Waals surface area contributed by atoms with Crippen LogP contribution in [0.2, 0.25) is 0 Å². The highest BCUT2D eigenvalue weighted by Gasteiger charge is 2.19. The van der Waals surface area contributed by atoms with Crippen LogP contribution in [0.3, 0.4) is 0 Å². The Morgan fingerprint density at radius 1 is 0.264 bits per heavy atom. The van der Waals surface area contributed by atoms with Crippen molar-refractivity contribution in [2.24, 2.45) is 0 Å². The molecule has 0 spiro atoms. The summed E-state index contributed by atoms with van der Waals surface area (Å²) in [5.74, 6) is -0.868. The molecular formula is C66H122O6. The van der Waals surface area contributed by atoms with Gasteiger partial charge in [-0.1, -0.05) is 276 Å². The molecule has 422 valence electrons. The van der Waals surface area contributed by atoms with Gasteiger partial charge < -0.3 is 14.2 Å². The molecule has 0 aromatic carbocycles. The summed E-state index contributed by atoms with van der Waals surface area (Å²) < 4.78 is 16.9. The lowest BCUT2D eigenvalue weighted by atomic mass is 10.0. The van der Waals surface area contributed by atoms with Crippen LogP contribution in [0.5, 0.6) is 0 Å². The first-order chi connectivity index (χ1) is 35.5. The van der Waals surface area contributed by atoms with Gasteiger partial charge in [-0.2, -0.15) is 0 Å². The van der Waals surface area contributed by atoms with Crippen molar-refractivity contribution in [3.8, 4) is 0 Å². The van der Waals surface area contributed by atoms with E-state index in [4.69, 9.17) is 14.2 Å². The van der Waals surface area contributed by atoms with E-state index in [1.807, 2.05) is 0 Å². The molecule has 1 atom stereocenters. The zero-order valence-electron chi connectivity index (χ0n) is 48.5. The highest BCUT2D eigenvalue weighted by Crippen LogP contribution is 2.17. The summed E-state index contributed by atoms with van der Waals surface area (Å²) in [4.78, 5) is 38.2. The second kappa shape index (κ2) is 61.2. The Balaban J connectivity index is 4.21. The van der Waals surface area contributed by atoms with Crippen LogP contribution in [0.25, 0.3) is 0 Å². The van der Waals surface area contributed by atoms with Gasteiger partial charge in [0.15, 0.2) is 6.10 Å². The van der Waals surface area contributed by atoms with Crippen molar-refractivity contribution in [1.29, 1.82) is 0 Å². The van der Waals surface area contributed by atoms with Gasteiger partial charge in [0, 0.05) is 19.3 Å². The molecule has 0 aromatic rings. The molecule has 0 radical (unpaired) electrons. The Kier molecular flexibility index (Phi) is 59.2. The Bertz CT molecular complexity index is 1210. The van der Waals surface area contributed by atoms with E-state index < -0.39 is 6.10 Å². The summed E-state index contributed by atoms with van der Waals surface area (Å²) in [6, 6.07) is 0. The molecule has 0 aliphatic heterocycles. The number of hydrogen-bond donors (Lipinski definition) is 0. The molecule has 0 bridgehead atoms. The third-order valence-corrected chi connectivity index (χ3v) is 14.3. The second-order valence-electron chi connectivity index (χ2n) is 21.7. The number of carbonyl (C=O) groups is 3. The Labute approximate surface area is 448 Å². The summed E-state index contributed by atoms with van der Waals surface area (Å²) in [7, 11) is 0. The van der Waals surface area contributed by atoms with Crippen molar-refractivity contribution in [1.82, 2.24) is 0 Å². The lowest BCUT2D eigenvalue weighted by Gasteiger charge is -2.18. The van der Waals surface area contributed by atoms with Crippen molar-refractivity contribution >= 4 is 17.9 Å². The number of ether oxygens (including phenoxy) is 3. The van der Waals surface area contributed by atoms with Crippen molar-refractivity contribution < 1.29 is 28.6 Å². The van der Waals surface area contributed by atoms with Crippen LogP contribution in [0.15, 0.2) is 36.5 Å². The predicted molar refractivity (Wildman–Crippen MR) is 312 cm³/mol. The van der Waals surface area contributed by atoms with Crippen LogP contribution in [-0.2, 0) is 28.6 Å². The fourth-order valence-electron chi connectivity index (χ4n) is 9.50. The Morgan fingerprint density at radius 2 is 0.486 bits per heavy atom. The number of unbranched alkanes of at least 4 members (excludes halogenated alkanes) is 42. The summed E-state index contributed by atoms with van der Waals surface area (Å²) in [6.07, 6.45) is 74.5. The van der Waals surface area contributed by atoms with Gasteiger partial charge in [-0.05, 0) is 89.9 Å². The first kappa shape index (κ1) is 69.6. The van der Waals surface area contributed by atoms with Gasteiger partial charge in [0.2, 0.25) is 0 Å². The maximum Gasteiger partial charge on any atom is 0.306 e. The number of allylic oxidation sites excluding steroid dienone is 6. The van der Waals surface area contributed by atoms with E-state index in [-0.39, 0.29) is 31.1 Å². The first-order valence-electron chi connectivity index (χ1n) is 32.0. The van der Waals surface area contributed by atoms with Gasteiger partial charge >= 0.3 is 17.9 Å². The average Bonchev–Trinajstić information content (AvgIpc) is 3.38. The fraction of sp³-hybridized carbons (Fsp3) is 0.864. The molecule has 0 saturated heterocycles. The number of esters is 3. The smallest absolute Gasteiger partial charge is 0.306 e. The minimum atomic E-state index is -0.775. The Morgan fingerprint density at radius 3 is 0.750 bits per heavy atom. The SMILES string of the molecule is CCC/C=C\CCCCCCCC(=O)OCC(COC(=O)CCCCCCCCCCCCC/C=C\CCCCCCCCCC)OC(=O)CCCCCCCCCCC/C=C\CCCCCCCCCC. The van der Waals surface area contributed by atoms with Gasteiger partial charge in [-0.25, -0.2) is 0 Å². The number of carbonyl (C=O) groups excluding carboxylic acids is 3. The third-order valence-electron chi connectivity index (χ3n) is 14.3. The molecule has 0 aromatic heterocycles. The summed E-state index contributed by atoms with van der Waals surface area (Å²) in [5.41, 5.74) is 0. The lowest BCUT2D eigenvalue weighted by Crippen LogP contribution is -2.30. The molecule has 0 rings (SSSR count). The molecule has 0 aliphatic carbocycles. The van der Waals surface area contributed by atoms with Crippen LogP contribution in [-0.4, -0.2) is 37.2 Å². The van der Waals surface area contributed by atoms with E-state index in [1.165, 1.54) is 238 Å². The summed E-state index contributed by atoms with van der Waals surface area (Å²) in [5, 5.41) is 0. The zero-order valence-corrected chi connectivity index (χ0v) is 48.5. The Hall–Kier alpha value is -2.37. The summed E-state index contributed by atoms with van der Waals surface area (Å²) in [6.45, 7) is 6.62. The van der Waals surface area contributed by atoms with Gasteiger partial charge in [-0.3, -0.25) is 14.4 Å². The molecule has 0 amide bonds. The van der Waals surface area contributed by atoms with Gasteiger partial charge in [0.25, 0.3) is 0 Å². The molecular weight excluding hydrogens is 889 g/mol. The molecule has 0 fully saturated rings. The standard InChI is InChI=1S/C66H122O6/c1-4-7-10-13-16-19-22-24-26-28-30-32-33-35-36-38-40-42-44-47-50-53-56-59-65(68)71-62-63(61-70-64(67)58-55-52-49-46-21-18-15-12-9-6-3)72-66(69)60-57-54-51-48-45-43-41-39-37-34-31-29-27-25-23-20-17-14-11-8-5-2/h12,15,28-31,63H,4-11,13-14,16-27,32-62H2,1-3H3/b15-12-,30-28-,31-29-. The van der Waals surface area contributed by atoms with Gasteiger partial charge in [-0.15, -0.1) is 0 Å². The average molecular weight is 1010 g/mol. The monoisotopic (exact) mass is 1010 g/mol. The van der Waals surface area contributed by atoms with Crippen molar-refractivity contribution in [3.05, 3.63) is 36.5 Å². The zero-order chi connectivity index (χ0) is 52.2. The maximum atomic E-state index is 12.9. The third kappa shape index (κ3) is 58.5. The van der Waals surface area contributed by atoms with E-state index in [0.29, 0.717) is 19.3 Å². The van der Waals surface area contributed by atoms with Crippen LogP contribution >= 0.6 is 0 Å². The topological polar surface area (TPSA) is 78.9 Å². The molecule has 6 heteroatoms. The highest BCUT2D eigenvalue weighted by atomic mass is 16.6. The van der Waals surface area contributed by atoms with Crippen LogP contribution in [0.4, 0.5) is 0 Å². The van der Waals surface area contributed by atoms with Gasteiger partial charge in [0.05, 0.1) is 0 Å². The van der Waals surface area contributed by atoms with E-state index in [0.717, 1.165) is 70.6 Å². The van der Waals surface area contributed by atoms with Crippen LogP contribution in [0, 0.1) is 0 Å². The maximum absolute atomic E-state index is 12.9. The lowest BCUT2D eigenvalue weighted by molar-refractivity contribution is -0.167. The van der Waals surface area contributed by atoms with Gasteiger partial charge in [0.1, 0.15) is 13.2 Å². The second-order valence-corrected chi connectivity index (χ2v) is 21.7. The molecule has 0 N–H and O–H groups in total. The fourth-order valence-corrected chi connectivity index (χ4v) is 9.50. The highest BCUT2D eigenvalue weighted by molar-refractivity contribution is 5.71. The molecule has 6 nitrogen and oxygen atoms in total. The van der Waals surface area contributed by atoms with E-state index >= 15 is 0 Å². The van der Waals surface area contributed by atoms with Crippen LogP contribution in [0.1, 0.15) is 348 Å². The largest absolute Gasteiger partial charge is 0.462 e. The molecule has 72 heavy (non-hydrogen) atoms. The van der Waals surface area contributed by atoms with Crippen molar-refractivity contribution in [3.63, 3.8) is 0 Å². The van der Waals surface area contributed by atoms with E-state index in [1.54, 1.807) is 0 Å². The number of hydrogen-bond acceptors (Lipinski definition) is 6. The normalized spacial score (nSPS) is 12.2. The summed E-state index contributed by atoms with van der Waals surface area (Å²) >= 11 is 0. The van der Waals surface area contributed by atoms with Crippen molar-refractivity contribution in [2.75, 3.05) is 13.2 Å². The first-order valence-corrected chi connectivity index (χ1v) is 32.0. The molecule has 1 unspecified atom stereocenters. The minimum Gasteiger partial charge on any atom is -0.462 e. The number of rotatable bonds is 59. The van der Waals surface area contributed by atoms with E-state index in [2.05, 4.69) is 57.2 Å². The molecule has 0 aliphatic rings. The van der Waals surface area contributed by atoms with Crippen LogP contribution < -0.4 is 0 Å². The minimum absolute atomic E-state index is 0.0732. The molecule has 0 saturated carbocycles. The molecule has 0 heterocycles. The van der Waals surface area contributed by atoms with Crippen molar-refractivity contribution in [2.45, 2.75) is 354 Å². The quantitative estimate of drug-likeness (QED) is 0.0261. The van der Waals surface area contributed by atoms with E-state index in [9.17, 15) is 14.4 Å². The predicted octanol–water partition coefficient (Wildman–Crippen LogP) is 21.6.